The number of carbonyl (C=O) groups is 2. The first-order valence-electron chi connectivity index (χ1n) is 10.8. The van der Waals surface area contributed by atoms with Crippen LogP contribution in [-0.4, -0.2) is 59.2 Å². The van der Waals surface area contributed by atoms with Crippen molar-refractivity contribution in [3.8, 4) is 5.69 Å². The maximum atomic E-state index is 14.2. The molecule has 3 aromatic rings. The largest absolute Gasteiger partial charge is 0.368 e. The summed E-state index contributed by atoms with van der Waals surface area (Å²) in [4.78, 5) is 29.4. The molecule has 4 rings (SSSR count). The summed E-state index contributed by atoms with van der Waals surface area (Å²) in [6.45, 7) is 5.52. The number of piperazine rings is 1. The monoisotopic (exact) mass is 487 g/mol. The maximum Gasteiger partial charge on any atom is 0.255 e. The van der Waals surface area contributed by atoms with Gasteiger partial charge in [-0.15, -0.1) is 0 Å². The molecule has 0 bridgehead atoms. The van der Waals surface area contributed by atoms with Crippen LogP contribution in [0.2, 0.25) is 5.02 Å². The lowest BCUT2D eigenvalue weighted by atomic mass is 10.2. The van der Waals surface area contributed by atoms with Crippen LogP contribution in [0.3, 0.4) is 0 Å². The predicted octanol–water partition coefficient (Wildman–Crippen LogP) is 3.50. The standard InChI is InChI=1S/C24H24ClF2N5O2/c1-15-23(16(2)32(29-15)21-8-5-18(26)13-20(21)27)24(34)28-14-22(33)31-11-9-30(10-12-31)19-6-3-17(25)4-7-19/h3-8,13H,9-12,14H2,1-2H3,(H,28,34). The molecule has 7 nitrogen and oxygen atoms in total. The fourth-order valence-electron chi connectivity index (χ4n) is 4.08. The minimum atomic E-state index is -0.787. The van der Waals surface area contributed by atoms with Gasteiger partial charge in [0, 0.05) is 43.0 Å². The third kappa shape index (κ3) is 4.89. The van der Waals surface area contributed by atoms with E-state index in [1.54, 1.807) is 18.7 Å². The van der Waals surface area contributed by atoms with Crippen molar-refractivity contribution in [3.63, 3.8) is 0 Å². The number of amides is 2. The van der Waals surface area contributed by atoms with Gasteiger partial charge >= 0.3 is 0 Å². The van der Waals surface area contributed by atoms with Crippen LogP contribution in [-0.2, 0) is 4.79 Å². The van der Waals surface area contributed by atoms with Gasteiger partial charge in [0.25, 0.3) is 5.91 Å². The lowest BCUT2D eigenvalue weighted by Gasteiger charge is -2.36. The molecule has 0 unspecified atom stereocenters. The first kappa shape index (κ1) is 23.7. The molecule has 2 aromatic carbocycles. The van der Waals surface area contributed by atoms with Gasteiger partial charge in [0.1, 0.15) is 11.5 Å². The van der Waals surface area contributed by atoms with Crippen LogP contribution in [0, 0.1) is 25.5 Å². The molecule has 1 N–H and O–H groups in total. The van der Waals surface area contributed by atoms with Crippen molar-refractivity contribution >= 4 is 29.1 Å². The summed E-state index contributed by atoms with van der Waals surface area (Å²) in [6, 6.07) is 10.7. The number of aromatic nitrogens is 2. The van der Waals surface area contributed by atoms with Crippen LogP contribution in [0.25, 0.3) is 5.69 Å². The summed E-state index contributed by atoms with van der Waals surface area (Å²) < 4.78 is 28.7. The van der Waals surface area contributed by atoms with Crippen molar-refractivity contribution in [2.75, 3.05) is 37.6 Å². The number of aryl methyl sites for hydroxylation is 1. The van der Waals surface area contributed by atoms with Gasteiger partial charge in [-0.05, 0) is 50.2 Å². The van der Waals surface area contributed by atoms with Crippen molar-refractivity contribution in [2.24, 2.45) is 0 Å². The Morgan fingerprint density at radius 3 is 2.35 bits per heavy atom. The molecule has 1 aliphatic heterocycles. The number of hydrogen-bond acceptors (Lipinski definition) is 4. The highest BCUT2D eigenvalue weighted by atomic mass is 35.5. The Hall–Kier alpha value is -3.46. The average Bonchev–Trinajstić information content (AvgIpc) is 3.11. The molecule has 10 heteroatoms. The maximum absolute atomic E-state index is 14.2. The van der Waals surface area contributed by atoms with E-state index in [1.165, 1.54) is 10.7 Å². The number of anilines is 1. The van der Waals surface area contributed by atoms with Crippen LogP contribution in [0.1, 0.15) is 21.7 Å². The Bertz CT molecular complexity index is 1220. The third-order valence-corrected chi connectivity index (χ3v) is 6.13. The summed E-state index contributed by atoms with van der Waals surface area (Å²) in [6.07, 6.45) is 0. The Morgan fingerprint density at radius 2 is 1.71 bits per heavy atom. The summed E-state index contributed by atoms with van der Waals surface area (Å²) >= 11 is 5.94. The molecule has 178 valence electrons. The van der Waals surface area contributed by atoms with Crippen molar-refractivity contribution in [1.82, 2.24) is 20.0 Å². The second kappa shape index (κ2) is 9.80. The van der Waals surface area contributed by atoms with Crippen LogP contribution < -0.4 is 10.2 Å². The molecule has 34 heavy (non-hydrogen) atoms. The minimum absolute atomic E-state index is 0.0377. The fourth-order valence-corrected chi connectivity index (χ4v) is 4.21. The number of benzene rings is 2. The highest BCUT2D eigenvalue weighted by Gasteiger charge is 2.24. The molecule has 0 aliphatic carbocycles. The zero-order chi connectivity index (χ0) is 24.4. The topological polar surface area (TPSA) is 70.5 Å². The Labute approximate surface area is 200 Å². The van der Waals surface area contributed by atoms with Crippen LogP contribution in [0.5, 0.6) is 0 Å². The van der Waals surface area contributed by atoms with Gasteiger partial charge in [-0.1, -0.05) is 11.6 Å². The van der Waals surface area contributed by atoms with E-state index in [0.29, 0.717) is 42.6 Å². The van der Waals surface area contributed by atoms with Gasteiger partial charge < -0.3 is 15.1 Å². The lowest BCUT2D eigenvalue weighted by Crippen LogP contribution is -2.51. The first-order chi connectivity index (χ1) is 16.2. The van der Waals surface area contributed by atoms with Crippen molar-refractivity contribution in [2.45, 2.75) is 13.8 Å². The first-order valence-corrected chi connectivity index (χ1v) is 11.2. The van der Waals surface area contributed by atoms with E-state index in [4.69, 9.17) is 11.6 Å². The number of nitrogens with one attached hydrogen (secondary N) is 1. The SMILES string of the molecule is Cc1nn(-c2ccc(F)cc2F)c(C)c1C(=O)NCC(=O)N1CCN(c2ccc(Cl)cc2)CC1. The zero-order valence-corrected chi connectivity index (χ0v) is 19.6. The second-order valence-electron chi connectivity index (χ2n) is 8.08. The van der Waals surface area contributed by atoms with Crippen molar-refractivity contribution in [1.29, 1.82) is 0 Å². The lowest BCUT2D eigenvalue weighted by molar-refractivity contribution is -0.130. The molecule has 0 atom stereocenters. The molecular formula is C24H24ClF2N5O2. The predicted molar refractivity (Wildman–Crippen MR) is 126 cm³/mol. The molecule has 1 aliphatic rings. The number of rotatable bonds is 5. The van der Waals surface area contributed by atoms with E-state index in [1.807, 2.05) is 24.3 Å². The van der Waals surface area contributed by atoms with Crippen LogP contribution in [0.4, 0.5) is 14.5 Å². The molecule has 1 fully saturated rings. The Morgan fingerprint density at radius 1 is 1.03 bits per heavy atom. The van der Waals surface area contributed by atoms with E-state index >= 15 is 0 Å². The van der Waals surface area contributed by atoms with E-state index in [-0.39, 0.29) is 23.7 Å². The third-order valence-electron chi connectivity index (χ3n) is 5.88. The van der Waals surface area contributed by atoms with E-state index in [9.17, 15) is 18.4 Å². The van der Waals surface area contributed by atoms with Gasteiger partial charge in [-0.25, -0.2) is 13.5 Å². The number of hydrogen-bond donors (Lipinski definition) is 1. The summed E-state index contributed by atoms with van der Waals surface area (Å²) in [5, 5.41) is 7.56. The van der Waals surface area contributed by atoms with Gasteiger partial charge in [0.05, 0.1) is 23.5 Å². The molecule has 0 saturated carbocycles. The zero-order valence-electron chi connectivity index (χ0n) is 18.8. The Kier molecular flexibility index (Phi) is 6.83. The summed E-state index contributed by atoms with van der Waals surface area (Å²) in [5.41, 5.74) is 2.11. The van der Waals surface area contributed by atoms with E-state index < -0.39 is 17.5 Å². The highest BCUT2D eigenvalue weighted by Crippen LogP contribution is 2.21. The Balaban J connectivity index is 1.36. The molecule has 1 aromatic heterocycles. The smallest absolute Gasteiger partial charge is 0.255 e. The van der Waals surface area contributed by atoms with Gasteiger partial charge in [0.15, 0.2) is 5.82 Å². The van der Waals surface area contributed by atoms with Crippen LogP contribution >= 0.6 is 11.6 Å². The number of nitrogens with zero attached hydrogens (tertiary/aromatic N) is 4. The average molecular weight is 488 g/mol. The molecule has 0 spiro atoms. The van der Waals surface area contributed by atoms with Crippen molar-refractivity contribution < 1.29 is 18.4 Å². The molecule has 1 saturated heterocycles. The molecular weight excluding hydrogens is 464 g/mol. The molecule has 0 radical (unpaired) electrons. The van der Waals surface area contributed by atoms with Gasteiger partial charge in [0.2, 0.25) is 5.91 Å². The van der Waals surface area contributed by atoms with Gasteiger partial charge in [-0.2, -0.15) is 5.10 Å². The number of carbonyl (C=O) groups excluding carboxylic acids is 2. The van der Waals surface area contributed by atoms with E-state index in [2.05, 4.69) is 15.3 Å². The summed E-state index contributed by atoms with van der Waals surface area (Å²) in [5.74, 6) is -2.15. The quantitative estimate of drug-likeness (QED) is 0.598. The van der Waals surface area contributed by atoms with Gasteiger partial charge in [-0.3, -0.25) is 9.59 Å². The van der Waals surface area contributed by atoms with E-state index in [0.717, 1.165) is 17.8 Å². The normalized spacial score (nSPS) is 13.8. The van der Waals surface area contributed by atoms with Crippen LogP contribution in [0.15, 0.2) is 42.5 Å². The highest BCUT2D eigenvalue weighted by molar-refractivity contribution is 6.30. The molecule has 2 heterocycles. The van der Waals surface area contributed by atoms with Crippen molar-refractivity contribution in [3.05, 3.63) is 76.1 Å². The second-order valence-corrected chi connectivity index (χ2v) is 8.52. The fraction of sp³-hybridized carbons (Fsp3) is 0.292. The number of halogens is 3. The summed E-state index contributed by atoms with van der Waals surface area (Å²) in [7, 11) is 0. The molecule has 2 amide bonds. The minimum Gasteiger partial charge on any atom is -0.368 e.